The zero-order valence-corrected chi connectivity index (χ0v) is 20.5. The Balaban J connectivity index is 1.50. The zero-order chi connectivity index (χ0) is 24.2. The number of likely N-dealkylation sites (N-methyl/N-ethyl adjacent to an activating group) is 1. The number of amides is 2. The van der Waals surface area contributed by atoms with E-state index in [1.807, 2.05) is 75.5 Å². The summed E-state index contributed by atoms with van der Waals surface area (Å²) in [7, 11) is 2.00. The Morgan fingerprint density at radius 2 is 1.71 bits per heavy atom. The van der Waals surface area contributed by atoms with E-state index in [0.717, 1.165) is 33.6 Å². The molecule has 176 valence electrons. The van der Waals surface area contributed by atoms with Gasteiger partial charge < -0.3 is 15.5 Å². The molecule has 4 rings (SSSR count). The fourth-order valence-corrected chi connectivity index (χ4v) is 4.77. The molecule has 1 aliphatic heterocycles. The Bertz CT molecular complexity index is 1180. The van der Waals surface area contributed by atoms with Crippen LogP contribution in [0.15, 0.2) is 66.7 Å². The maximum absolute atomic E-state index is 13.2. The quantitative estimate of drug-likeness (QED) is 0.468. The van der Waals surface area contributed by atoms with Crippen molar-refractivity contribution in [3.8, 4) is 0 Å². The summed E-state index contributed by atoms with van der Waals surface area (Å²) in [4.78, 5) is 28.0. The summed E-state index contributed by atoms with van der Waals surface area (Å²) in [6.07, 6.45) is 0.815. The molecule has 6 heteroatoms. The highest BCUT2D eigenvalue weighted by Crippen LogP contribution is 2.39. The van der Waals surface area contributed by atoms with E-state index in [9.17, 15) is 9.59 Å². The van der Waals surface area contributed by atoms with Crippen molar-refractivity contribution in [2.24, 2.45) is 0 Å². The minimum absolute atomic E-state index is 0.111. The molecule has 0 radical (unpaired) electrons. The van der Waals surface area contributed by atoms with Crippen molar-refractivity contribution in [3.63, 3.8) is 0 Å². The number of carbonyl (C=O) groups is 2. The van der Waals surface area contributed by atoms with Gasteiger partial charge in [0.2, 0.25) is 11.8 Å². The molecule has 2 N–H and O–H groups in total. The molecule has 0 aromatic heterocycles. The lowest BCUT2D eigenvalue weighted by atomic mass is 9.91. The zero-order valence-electron chi connectivity index (χ0n) is 19.8. The normalized spacial score (nSPS) is 15.4. The van der Waals surface area contributed by atoms with E-state index in [1.165, 1.54) is 0 Å². The van der Waals surface area contributed by atoms with Crippen molar-refractivity contribution >= 4 is 34.8 Å². The average molecular weight is 476 g/mol. The van der Waals surface area contributed by atoms with Crippen molar-refractivity contribution < 1.29 is 9.59 Å². The standard InChI is InChI=1S/C28H30ClN3O2/c1-18-9-10-19(2)27-26(18)24(28(34)31-27)16-25(33)30-22(15-20-7-5-4-6-8-20)17-32(3)23-13-11-21(29)12-14-23/h4-14,22,24H,15-17H2,1-3H3,(H,30,33)(H,31,34)/t22-,24?/m0/s1. The van der Waals surface area contributed by atoms with Crippen LogP contribution in [0.2, 0.25) is 5.02 Å². The highest BCUT2D eigenvalue weighted by Gasteiger charge is 2.35. The molecule has 5 nitrogen and oxygen atoms in total. The van der Waals surface area contributed by atoms with E-state index in [2.05, 4.69) is 27.7 Å². The molecule has 1 heterocycles. The highest BCUT2D eigenvalue weighted by atomic mass is 35.5. The van der Waals surface area contributed by atoms with Crippen molar-refractivity contribution in [2.75, 3.05) is 23.8 Å². The number of carbonyl (C=O) groups excluding carboxylic acids is 2. The first-order valence-electron chi connectivity index (χ1n) is 11.5. The maximum Gasteiger partial charge on any atom is 0.232 e. The average Bonchev–Trinajstić information content (AvgIpc) is 3.14. The summed E-state index contributed by atoms with van der Waals surface area (Å²) in [6.45, 7) is 4.58. The molecule has 0 saturated heterocycles. The van der Waals surface area contributed by atoms with Crippen molar-refractivity contribution in [1.29, 1.82) is 0 Å². The first-order chi connectivity index (χ1) is 16.3. The second-order valence-electron chi connectivity index (χ2n) is 9.05. The summed E-state index contributed by atoms with van der Waals surface area (Å²) < 4.78 is 0. The lowest BCUT2D eigenvalue weighted by Crippen LogP contribution is -2.44. The van der Waals surface area contributed by atoms with Crippen LogP contribution in [0.1, 0.15) is 34.6 Å². The number of nitrogens with zero attached hydrogens (tertiary/aromatic N) is 1. The van der Waals surface area contributed by atoms with Gasteiger partial charge in [-0.1, -0.05) is 54.1 Å². The first-order valence-corrected chi connectivity index (χ1v) is 11.9. The van der Waals surface area contributed by atoms with Crippen molar-refractivity contribution in [1.82, 2.24) is 5.32 Å². The second-order valence-corrected chi connectivity index (χ2v) is 9.48. The predicted molar refractivity (Wildman–Crippen MR) is 139 cm³/mol. The lowest BCUT2D eigenvalue weighted by molar-refractivity contribution is -0.125. The van der Waals surface area contributed by atoms with Gasteiger partial charge in [-0.2, -0.15) is 0 Å². The molecule has 0 spiro atoms. The number of rotatable bonds is 8. The molecule has 1 aliphatic rings. The van der Waals surface area contributed by atoms with Gasteiger partial charge in [0.25, 0.3) is 0 Å². The van der Waals surface area contributed by atoms with E-state index in [-0.39, 0.29) is 24.3 Å². The van der Waals surface area contributed by atoms with Crippen LogP contribution in [0.4, 0.5) is 11.4 Å². The monoisotopic (exact) mass is 475 g/mol. The van der Waals surface area contributed by atoms with Gasteiger partial charge in [-0.25, -0.2) is 0 Å². The number of aryl methyl sites for hydroxylation is 2. The molecule has 0 saturated carbocycles. The molecular weight excluding hydrogens is 446 g/mol. The van der Waals surface area contributed by atoms with Crippen LogP contribution in [0.5, 0.6) is 0 Å². The van der Waals surface area contributed by atoms with Gasteiger partial charge in [0.1, 0.15) is 0 Å². The van der Waals surface area contributed by atoms with E-state index < -0.39 is 5.92 Å². The SMILES string of the molecule is Cc1ccc(C)c2c1NC(=O)C2CC(=O)N[C@@H](Cc1ccccc1)CN(C)c1ccc(Cl)cc1. The molecule has 1 unspecified atom stereocenters. The number of hydrogen-bond donors (Lipinski definition) is 2. The van der Waals surface area contributed by atoms with Gasteiger partial charge in [-0.3, -0.25) is 9.59 Å². The van der Waals surface area contributed by atoms with Crippen LogP contribution in [0.25, 0.3) is 0 Å². The number of fused-ring (bicyclic) bond motifs is 1. The first kappa shape index (κ1) is 23.8. The van der Waals surface area contributed by atoms with Crippen molar-refractivity contribution in [2.45, 2.75) is 38.6 Å². The van der Waals surface area contributed by atoms with Crippen molar-refractivity contribution in [3.05, 3.63) is 94.0 Å². The third kappa shape index (κ3) is 5.42. The van der Waals surface area contributed by atoms with Crippen LogP contribution >= 0.6 is 11.6 Å². The molecular formula is C28H30ClN3O2. The van der Waals surface area contributed by atoms with Gasteiger partial charge in [-0.15, -0.1) is 0 Å². The third-order valence-corrected chi connectivity index (χ3v) is 6.68. The second kappa shape index (κ2) is 10.3. The minimum Gasteiger partial charge on any atom is -0.373 e. The minimum atomic E-state index is -0.471. The molecule has 0 aliphatic carbocycles. The van der Waals surface area contributed by atoms with Crippen LogP contribution in [-0.4, -0.2) is 31.4 Å². The molecule has 2 atom stereocenters. The van der Waals surface area contributed by atoms with Crippen LogP contribution < -0.4 is 15.5 Å². The Morgan fingerprint density at radius 1 is 1.03 bits per heavy atom. The topological polar surface area (TPSA) is 61.4 Å². The summed E-state index contributed by atoms with van der Waals surface area (Å²) in [5.41, 5.74) is 6.01. The van der Waals surface area contributed by atoms with E-state index in [4.69, 9.17) is 11.6 Å². The van der Waals surface area contributed by atoms with E-state index >= 15 is 0 Å². The fraction of sp³-hybridized carbons (Fsp3) is 0.286. The summed E-state index contributed by atoms with van der Waals surface area (Å²) >= 11 is 6.04. The molecule has 3 aromatic rings. The van der Waals surface area contributed by atoms with Crippen LogP contribution in [0, 0.1) is 13.8 Å². The van der Waals surface area contributed by atoms with Gasteiger partial charge >= 0.3 is 0 Å². The Kier molecular flexibility index (Phi) is 7.23. The Morgan fingerprint density at radius 3 is 2.41 bits per heavy atom. The number of hydrogen-bond acceptors (Lipinski definition) is 3. The maximum atomic E-state index is 13.2. The molecule has 0 fully saturated rings. The number of benzene rings is 3. The summed E-state index contributed by atoms with van der Waals surface area (Å²) in [5, 5.41) is 6.87. The third-order valence-electron chi connectivity index (χ3n) is 6.43. The summed E-state index contributed by atoms with van der Waals surface area (Å²) in [5.74, 6) is -0.707. The van der Waals surface area contributed by atoms with Gasteiger partial charge in [0, 0.05) is 36.4 Å². The fourth-order valence-electron chi connectivity index (χ4n) is 4.65. The van der Waals surface area contributed by atoms with Gasteiger partial charge in [0.05, 0.1) is 12.0 Å². The van der Waals surface area contributed by atoms with Gasteiger partial charge in [-0.05, 0) is 66.8 Å². The van der Waals surface area contributed by atoms with Crippen LogP contribution in [0.3, 0.4) is 0 Å². The number of anilines is 2. The van der Waals surface area contributed by atoms with Gasteiger partial charge in [0.15, 0.2) is 0 Å². The van der Waals surface area contributed by atoms with E-state index in [0.29, 0.717) is 18.0 Å². The summed E-state index contributed by atoms with van der Waals surface area (Å²) in [6, 6.07) is 21.7. The molecule has 34 heavy (non-hydrogen) atoms. The predicted octanol–water partition coefficient (Wildman–Crippen LogP) is 5.25. The smallest absolute Gasteiger partial charge is 0.232 e. The molecule has 2 amide bonds. The van der Waals surface area contributed by atoms with E-state index in [1.54, 1.807) is 0 Å². The lowest BCUT2D eigenvalue weighted by Gasteiger charge is -2.27. The highest BCUT2D eigenvalue weighted by molar-refractivity contribution is 6.30. The number of halogens is 1. The molecule has 3 aromatic carbocycles. The largest absolute Gasteiger partial charge is 0.373 e. The number of nitrogens with one attached hydrogen (secondary N) is 2. The molecule has 0 bridgehead atoms. The Hall–Kier alpha value is -3.31. The Labute approximate surface area is 206 Å². The van der Waals surface area contributed by atoms with Crippen LogP contribution in [-0.2, 0) is 16.0 Å².